The first kappa shape index (κ1) is 26.7. The second-order valence-electron chi connectivity index (χ2n) is 6.87. The summed E-state index contributed by atoms with van der Waals surface area (Å²) in [5, 5.41) is 8.51. The highest BCUT2D eigenvalue weighted by Crippen LogP contribution is 2.09. The van der Waals surface area contributed by atoms with Crippen LogP contribution in [-0.2, 0) is 9.53 Å². The molecule has 0 aromatic rings. The lowest BCUT2D eigenvalue weighted by Gasteiger charge is -2.01. The number of hydrogen-bond donors (Lipinski definition) is 1. The van der Waals surface area contributed by atoms with Crippen LogP contribution in [-0.4, -0.2) is 24.3 Å². The van der Waals surface area contributed by atoms with Crippen LogP contribution in [0.1, 0.15) is 124 Å². The third kappa shape index (κ3) is 28.5. The van der Waals surface area contributed by atoms with Gasteiger partial charge in [-0.05, 0) is 19.8 Å². The summed E-state index contributed by atoms with van der Waals surface area (Å²) >= 11 is 0. The maximum absolute atomic E-state index is 11.0. The Morgan fingerprint density at radius 1 is 0.640 bits per heavy atom. The number of unbranched alkanes of at least 4 members (excludes halogenated alkanes) is 13. The van der Waals surface area contributed by atoms with Gasteiger partial charge in [-0.3, -0.25) is 4.79 Å². The number of esters is 1. The summed E-state index contributed by atoms with van der Waals surface area (Å²) in [6.07, 6.45) is 19.7. The van der Waals surface area contributed by atoms with Crippen molar-refractivity contribution in [3.8, 4) is 0 Å². The summed E-state index contributed by atoms with van der Waals surface area (Å²) in [5.41, 5.74) is 0. The highest BCUT2D eigenvalue weighted by Gasteiger charge is 2.00. The molecular weight excluding hydrogens is 312 g/mol. The van der Waals surface area contributed by atoms with Crippen molar-refractivity contribution in [2.24, 2.45) is 0 Å². The zero-order valence-corrected chi connectivity index (χ0v) is 17.5. The van der Waals surface area contributed by atoms with E-state index in [-0.39, 0.29) is 5.97 Å². The van der Waals surface area contributed by atoms with Crippen LogP contribution in [0.5, 0.6) is 0 Å². The largest absolute Gasteiger partial charge is 0.466 e. The van der Waals surface area contributed by atoms with Crippen LogP contribution in [0.2, 0.25) is 0 Å². The second kappa shape index (κ2) is 25.7. The Kier molecular flexibility index (Phi) is 27.4. The lowest BCUT2D eigenvalue weighted by atomic mass is 10.1. The van der Waals surface area contributed by atoms with Gasteiger partial charge in [0.15, 0.2) is 0 Å². The minimum absolute atomic E-state index is 0.0407. The third-order valence-electron chi connectivity index (χ3n) is 4.30. The molecule has 0 fully saturated rings. The molecule has 0 spiro atoms. The van der Waals surface area contributed by atoms with Gasteiger partial charge in [0.1, 0.15) is 0 Å². The Morgan fingerprint density at radius 3 is 1.44 bits per heavy atom. The van der Waals surface area contributed by atoms with Crippen LogP contribution in [0, 0.1) is 0 Å². The predicted octanol–water partition coefficient (Wildman–Crippen LogP) is 6.81. The SMILES string of the molecule is CCCCCCCCCC(=O)OCC.CCCCCCCCCCO. The van der Waals surface area contributed by atoms with Gasteiger partial charge >= 0.3 is 5.97 Å². The van der Waals surface area contributed by atoms with E-state index >= 15 is 0 Å². The molecule has 3 heteroatoms. The van der Waals surface area contributed by atoms with Crippen LogP contribution in [0.3, 0.4) is 0 Å². The normalized spacial score (nSPS) is 10.2. The number of hydrogen-bond acceptors (Lipinski definition) is 3. The number of carbonyl (C=O) groups is 1. The Labute approximate surface area is 157 Å². The summed E-state index contributed by atoms with van der Waals surface area (Å²) < 4.78 is 4.85. The van der Waals surface area contributed by atoms with Crippen molar-refractivity contribution < 1.29 is 14.6 Å². The molecule has 0 unspecified atom stereocenters. The van der Waals surface area contributed by atoms with Gasteiger partial charge in [0.25, 0.3) is 0 Å². The predicted molar refractivity (Wildman–Crippen MR) is 109 cm³/mol. The van der Waals surface area contributed by atoms with Crippen LogP contribution in [0.25, 0.3) is 0 Å². The highest BCUT2D eigenvalue weighted by atomic mass is 16.5. The van der Waals surface area contributed by atoms with Crippen molar-refractivity contribution in [1.29, 1.82) is 0 Å². The van der Waals surface area contributed by atoms with E-state index in [0.717, 1.165) is 12.8 Å². The molecular formula is C22H46O3. The van der Waals surface area contributed by atoms with Crippen LogP contribution < -0.4 is 0 Å². The molecule has 0 aromatic carbocycles. The summed E-state index contributed by atoms with van der Waals surface area (Å²) in [4.78, 5) is 11.0. The Hall–Kier alpha value is -0.570. The molecule has 0 rings (SSSR count). The summed E-state index contributed by atoms with van der Waals surface area (Å²) in [7, 11) is 0. The average molecular weight is 359 g/mol. The van der Waals surface area contributed by atoms with E-state index < -0.39 is 0 Å². The van der Waals surface area contributed by atoms with E-state index in [4.69, 9.17) is 9.84 Å². The molecule has 3 nitrogen and oxygen atoms in total. The van der Waals surface area contributed by atoms with Gasteiger partial charge in [-0.2, -0.15) is 0 Å². The number of rotatable bonds is 17. The molecule has 0 aliphatic rings. The summed E-state index contributed by atoms with van der Waals surface area (Å²) in [5.74, 6) is -0.0407. The van der Waals surface area contributed by atoms with Gasteiger partial charge in [0.2, 0.25) is 0 Å². The Balaban J connectivity index is 0. The fourth-order valence-electron chi connectivity index (χ4n) is 2.71. The van der Waals surface area contributed by atoms with Gasteiger partial charge in [0, 0.05) is 13.0 Å². The maximum Gasteiger partial charge on any atom is 0.305 e. The first-order valence-electron chi connectivity index (χ1n) is 11.0. The molecule has 0 heterocycles. The monoisotopic (exact) mass is 358 g/mol. The van der Waals surface area contributed by atoms with Crippen molar-refractivity contribution >= 4 is 5.97 Å². The maximum atomic E-state index is 11.0. The fourth-order valence-corrected chi connectivity index (χ4v) is 2.71. The minimum Gasteiger partial charge on any atom is -0.466 e. The fraction of sp³-hybridized carbons (Fsp3) is 0.955. The molecule has 25 heavy (non-hydrogen) atoms. The lowest BCUT2D eigenvalue weighted by Crippen LogP contribution is -2.03. The van der Waals surface area contributed by atoms with Gasteiger partial charge in [0.05, 0.1) is 6.61 Å². The Morgan fingerprint density at radius 2 is 1.04 bits per heavy atom. The third-order valence-corrected chi connectivity index (χ3v) is 4.30. The van der Waals surface area contributed by atoms with Gasteiger partial charge < -0.3 is 9.84 Å². The van der Waals surface area contributed by atoms with E-state index in [1.165, 1.54) is 83.5 Å². The molecule has 152 valence electrons. The molecule has 0 aliphatic heterocycles. The molecule has 0 aromatic heterocycles. The number of carbonyl (C=O) groups excluding carboxylic acids is 1. The molecule has 0 aliphatic carbocycles. The quantitative estimate of drug-likeness (QED) is 0.229. The van der Waals surface area contributed by atoms with E-state index in [0.29, 0.717) is 19.6 Å². The van der Waals surface area contributed by atoms with E-state index in [9.17, 15) is 4.79 Å². The smallest absolute Gasteiger partial charge is 0.305 e. The molecule has 1 N–H and O–H groups in total. The van der Waals surface area contributed by atoms with Gasteiger partial charge in [-0.15, -0.1) is 0 Å². The Bertz CT molecular complexity index is 233. The number of aliphatic hydroxyl groups excluding tert-OH is 1. The van der Waals surface area contributed by atoms with Crippen molar-refractivity contribution in [2.45, 2.75) is 124 Å². The first-order valence-corrected chi connectivity index (χ1v) is 11.0. The van der Waals surface area contributed by atoms with Crippen molar-refractivity contribution in [3.63, 3.8) is 0 Å². The molecule has 0 amide bonds. The van der Waals surface area contributed by atoms with Gasteiger partial charge in [-0.1, -0.05) is 97.3 Å². The zero-order chi connectivity index (χ0) is 19.0. The van der Waals surface area contributed by atoms with Crippen LogP contribution in [0.15, 0.2) is 0 Å². The first-order chi connectivity index (χ1) is 12.2. The van der Waals surface area contributed by atoms with Crippen molar-refractivity contribution in [3.05, 3.63) is 0 Å². The average Bonchev–Trinajstić information content (AvgIpc) is 2.61. The molecule has 0 atom stereocenters. The summed E-state index contributed by atoms with van der Waals surface area (Å²) in [6, 6.07) is 0. The molecule has 0 bridgehead atoms. The highest BCUT2D eigenvalue weighted by molar-refractivity contribution is 5.69. The van der Waals surface area contributed by atoms with E-state index in [1.807, 2.05) is 6.92 Å². The molecule has 0 saturated carbocycles. The molecule has 0 saturated heterocycles. The van der Waals surface area contributed by atoms with Crippen LogP contribution in [0.4, 0.5) is 0 Å². The van der Waals surface area contributed by atoms with Gasteiger partial charge in [-0.25, -0.2) is 0 Å². The van der Waals surface area contributed by atoms with Crippen molar-refractivity contribution in [1.82, 2.24) is 0 Å². The standard InChI is InChI=1S/C12H24O2.C10H22O/c1-3-5-6-7-8-9-10-11-12(13)14-4-2;1-2-3-4-5-6-7-8-9-10-11/h3-11H2,1-2H3;11H,2-10H2,1H3. The zero-order valence-electron chi connectivity index (χ0n) is 17.5. The lowest BCUT2D eigenvalue weighted by molar-refractivity contribution is -0.143. The van der Waals surface area contributed by atoms with E-state index in [1.54, 1.807) is 0 Å². The second-order valence-corrected chi connectivity index (χ2v) is 6.87. The van der Waals surface area contributed by atoms with E-state index in [2.05, 4.69) is 13.8 Å². The molecule has 0 radical (unpaired) electrons. The number of ether oxygens (including phenoxy) is 1. The van der Waals surface area contributed by atoms with Crippen LogP contribution >= 0.6 is 0 Å². The minimum atomic E-state index is -0.0407. The topological polar surface area (TPSA) is 46.5 Å². The summed E-state index contributed by atoms with van der Waals surface area (Å²) in [6.45, 7) is 7.19. The van der Waals surface area contributed by atoms with Crippen molar-refractivity contribution in [2.75, 3.05) is 13.2 Å². The number of aliphatic hydroxyl groups is 1.